The molecule has 3 aromatic rings. The van der Waals surface area contributed by atoms with E-state index in [1.54, 1.807) is 24.3 Å². The number of hydrogen-bond acceptors (Lipinski definition) is 4. The van der Waals surface area contributed by atoms with Crippen LogP contribution in [0.15, 0.2) is 44.0 Å². The monoisotopic (exact) mass is 259 g/mol. The van der Waals surface area contributed by atoms with E-state index in [9.17, 15) is 9.90 Å². The molecule has 1 aromatic carbocycles. The van der Waals surface area contributed by atoms with Crippen LogP contribution in [0.3, 0.4) is 0 Å². The fourth-order valence-corrected chi connectivity index (χ4v) is 2.03. The predicted molar refractivity (Wildman–Crippen MR) is 69.0 cm³/mol. The van der Waals surface area contributed by atoms with Crippen LogP contribution in [0.4, 0.5) is 0 Å². The highest BCUT2D eigenvalue weighted by atomic mass is 16.4. The SMILES string of the molecule is CCc1ccc(C(O)c2ccc3[nH]c(=O)oc3c2)o1. The highest BCUT2D eigenvalue weighted by molar-refractivity contribution is 5.73. The number of aliphatic hydroxyl groups excluding tert-OH is 1. The fraction of sp³-hybridized carbons (Fsp3) is 0.214. The van der Waals surface area contributed by atoms with Gasteiger partial charge in [-0.2, -0.15) is 0 Å². The fourth-order valence-electron chi connectivity index (χ4n) is 2.03. The van der Waals surface area contributed by atoms with E-state index in [4.69, 9.17) is 8.83 Å². The maximum Gasteiger partial charge on any atom is 0.417 e. The maximum absolute atomic E-state index is 11.1. The van der Waals surface area contributed by atoms with Gasteiger partial charge in [-0.25, -0.2) is 4.79 Å². The summed E-state index contributed by atoms with van der Waals surface area (Å²) < 4.78 is 10.5. The average Bonchev–Trinajstić information content (AvgIpc) is 3.01. The molecule has 2 N–H and O–H groups in total. The number of aromatic amines is 1. The smallest absolute Gasteiger partial charge is 0.417 e. The van der Waals surface area contributed by atoms with Gasteiger partial charge in [-0.3, -0.25) is 4.98 Å². The zero-order chi connectivity index (χ0) is 13.4. The summed E-state index contributed by atoms with van der Waals surface area (Å²) in [5.74, 6) is 0.797. The van der Waals surface area contributed by atoms with Crippen LogP contribution in [0.5, 0.6) is 0 Å². The van der Waals surface area contributed by atoms with E-state index in [2.05, 4.69) is 4.98 Å². The normalized spacial score (nSPS) is 12.9. The molecule has 0 aliphatic heterocycles. The number of hydrogen-bond donors (Lipinski definition) is 2. The van der Waals surface area contributed by atoms with Crippen LogP contribution in [0.2, 0.25) is 0 Å². The lowest BCUT2D eigenvalue weighted by molar-refractivity contribution is 0.187. The first kappa shape index (κ1) is 11.8. The Kier molecular flexibility index (Phi) is 2.76. The second kappa shape index (κ2) is 4.44. The number of furan rings is 1. The van der Waals surface area contributed by atoms with Gasteiger partial charge in [0.1, 0.15) is 17.6 Å². The molecule has 0 saturated heterocycles. The van der Waals surface area contributed by atoms with Gasteiger partial charge in [0, 0.05) is 6.42 Å². The highest BCUT2D eigenvalue weighted by Gasteiger charge is 2.16. The summed E-state index contributed by atoms with van der Waals surface area (Å²) in [6.45, 7) is 1.98. The van der Waals surface area contributed by atoms with Crippen molar-refractivity contribution in [1.82, 2.24) is 4.98 Å². The van der Waals surface area contributed by atoms with Crippen LogP contribution in [-0.2, 0) is 6.42 Å². The van der Waals surface area contributed by atoms with Crippen molar-refractivity contribution in [2.75, 3.05) is 0 Å². The van der Waals surface area contributed by atoms with Crippen LogP contribution in [0, 0.1) is 0 Å². The number of oxazole rings is 1. The molecule has 1 atom stereocenters. The minimum absolute atomic E-state index is 0.420. The first-order chi connectivity index (χ1) is 9.17. The Morgan fingerprint density at radius 2 is 2.11 bits per heavy atom. The molecule has 5 nitrogen and oxygen atoms in total. The predicted octanol–water partition coefficient (Wildman–Crippen LogP) is 2.36. The van der Waals surface area contributed by atoms with E-state index in [1.165, 1.54) is 0 Å². The minimum atomic E-state index is -0.870. The maximum atomic E-state index is 11.1. The molecule has 2 heterocycles. The van der Waals surface area contributed by atoms with Crippen LogP contribution in [0.1, 0.15) is 30.1 Å². The Labute approximate surface area is 108 Å². The van der Waals surface area contributed by atoms with Gasteiger partial charge < -0.3 is 13.9 Å². The minimum Gasteiger partial charge on any atom is -0.463 e. The van der Waals surface area contributed by atoms with Gasteiger partial charge in [-0.1, -0.05) is 13.0 Å². The number of fused-ring (bicyclic) bond motifs is 1. The summed E-state index contributed by atoms with van der Waals surface area (Å²) >= 11 is 0. The molecule has 0 saturated carbocycles. The molecule has 19 heavy (non-hydrogen) atoms. The van der Waals surface area contributed by atoms with E-state index < -0.39 is 11.9 Å². The average molecular weight is 259 g/mol. The van der Waals surface area contributed by atoms with Gasteiger partial charge >= 0.3 is 5.76 Å². The molecule has 0 radical (unpaired) electrons. The van der Waals surface area contributed by atoms with E-state index in [0.717, 1.165) is 12.2 Å². The topological polar surface area (TPSA) is 79.4 Å². The largest absolute Gasteiger partial charge is 0.463 e. The third-order valence-electron chi connectivity index (χ3n) is 3.06. The summed E-state index contributed by atoms with van der Waals surface area (Å²) in [5.41, 5.74) is 1.64. The van der Waals surface area contributed by atoms with E-state index in [0.29, 0.717) is 22.4 Å². The Balaban J connectivity index is 2.00. The third-order valence-corrected chi connectivity index (χ3v) is 3.06. The van der Waals surface area contributed by atoms with Crippen molar-refractivity contribution in [3.8, 4) is 0 Å². The van der Waals surface area contributed by atoms with Crippen LogP contribution in [0.25, 0.3) is 11.1 Å². The number of aliphatic hydroxyl groups is 1. The molecule has 5 heteroatoms. The van der Waals surface area contributed by atoms with Crippen molar-refractivity contribution >= 4 is 11.1 Å². The second-order valence-electron chi connectivity index (χ2n) is 4.33. The van der Waals surface area contributed by atoms with E-state index in [-0.39, 0.29) is 0 Å². The van der Waals surface area contributed by atoms with Crippen molar-refractivity contribution < 1.29 is 13.9 Å². The Morgan fingerprint density at radius 1 is 1.26 bits per heavy atom. The lowest BCUT2D eigenvalue weighted by atomic mass is 10.1. The third kappa shape index (κ3) is 2.08. The molecule has 2 aromatic heterocycles. The number of aromatic nitrogens is 1. The molecule has 0 amide bonds. The number of nitrogens with one attached hydrogen (secondary N) is 1. The summed E-state index contributed by atoms with van der Waals surface area (Å²) in [6, 6.07) is 8.65. The first-order valence-electron chi connectivity index (χ1n) is 6.07. The van der Waals surface area contributed by atoms with Gasteiger partial charge in [0.25, 0.3) is 0 Å². The number of H-pyrrole nitrogens is 1. The van der Waals surface area contributed by atoms with E-state index >= 15 is 0 Å². The van der Waals surface area contributed by atoms with Crippen LogP contribution >= 0.6 is 0 Å². The molecule has 0 bridgehead atoms. The number of benzene rings is 1. The van der Waals surface area contributed by atoms with Gasteiger partial charge in [0.2, 0.25) is 0 Å². The van der Waals surface area contributed by atoms with Gasteiger partial charge in [-0.15, -0.1) is 0 Å². The molecule has 0 aliphatic carbocycles. The zero-order valence-corrected chi connectivity index (χ0v) is 10.3. The molecule has 3 rings (SSSR count). The second-order valence-corrected chi connectivity index (χ2v) is 4.33. The summed E-state index contributed by atoms with van der Waals surface area (Å²) in [7, 11) is 0. The summed E-state index contributed by atoms with van der Waals surface area (Å²) in [5, 5.41) is 10.2. The van der Waals surface area contributed by atoms with Crippen molar-refractivity contribution in [2.45, 2.75) is 19.4 Å². The Hall–Kier alpha value is -2.27. The van der Waals surface area contributed by atoms with Crippen LogP contribution in [-0.4, -0.2) is 10.1 Å². The number of aryl methyl sites for hydroxylation is 1. The Morgan fingerprint density at radius 3 is 2.84 bits per heavy atom. The molecular weight excluding hydrogens is 246 g/mol. The quantitative estimate of drug-likeness (QED) is 0.756. The molecule has 0 spiro atoms. The molecule has 1 unspecified atom stereocenters. The van der Waals surface area contributed by atoms with E-state index in [1.807, 2.05) is 13.0 Å². The van der Waals surface area contributed by atoms with Crippen molar-refractivity contribution in [1.29, 1.82) is 0 Å². The highest BCUT2D eigenvalue weighted by Crippen LogP contribution is 2.26. The molecular formula is C14H13NO4. The number of rotatable bonds is 3. The standard InChI is InChI=1S/C14H13NO4/c1-2-9-4-6-11(18-9)13(16)8-3-5-10-12(7-8)19-14(17)15-10/h3-7,13,16H,2H2,1H3,(H,15,17). The lowest BCUT2D eigenvalue weighted by Gasteiger charge is -2.07. The lowest BCUT2D eigenvalue weighted by Crippen LogP contribution is -1.97. The van der Waals surface area contributed by atoms with Crippen LogP contribution < -0.4 is 5.76 Å². The summed E-state index contributed by atoms with van der Waals surface area (Å²) in [6.07, 6.45) is -0.0942. The molecule has 0 aliphatic rings. The molecule has 0 fully saturated rings. The summed E-state index contributed by atoms with van der Waals surface area (Å²) in [4.78, 5) is 13.6. The van der Waals surface area contributed by atoms with Crippen molar-refractivity contribution in [2.24, 2.45) is 0 Å². The zero-order valence-electron chi connectivity index (χ0n) is 10.3. The van der Waals surface area contributed by atoms with Crippen molar-refractivity contribution in [3.63, 3.8) is 0 Å². The molecule has 98 valence electrons. The van der Waals surface area contributed by atoms with Crippen molar-refractivity contribution in [3.05, 3.63) is 58.0 Å². The van der Waals surface area contributed by atoms with Gasteiger partial charge in [-0.05, 0) is 29.8 Å². The first-order valence-corrected chi connectivity index (χ1v) is 6.07. The Bertz CT molecular complexity index is 765. The van der Waals surface area contributed by atoms with Gasteiger partial charge in [0.05, 0.1) is 5.52 Å². The van der Waals surface area contributed by atoms with Gasteiger partial charge in [0.15, 0.2) is 5.58 Å².